The number of ketones is 1. The summed E-state index contributed by atoms with van der Waals surface area (Å²) >= 11 is 0. The van der Waals surface area contributed by atoms with E-state index in [0.29, 0.717) is 0 Å². The Morgan fingerprint density at radius 1 is 1.12 bits per heavy atom. The zero-order chi connectivity index (χ0) is 18.7. The van der Waals surface area contributed by atoms with E-state index in [-0.39, 0.29) is 11.7 Å². The van der Waals surface area contributed by atoms with Gasteiger partial charge >= 0.3 is 5.97 Å². The molecule has 0 heterocycles. The molecule has 0 atom stereocenters. The number of allylic oxidation sites excluding steroid dienone is 5. The molecule has 1 aliphatic carbocycles. The van der Waals surface area contributed by atoms with Crippen LogP contribution in [0.2, 0.25) is 0 Å². The SMILES string of the molecule is C=C/C(C(C)=O)=C(CC)\C(C)=C/C.CCC1CCC(C(=O)O)CC1. The van der Waals surface area contributed by atoms with Gasteiger partial charge < -0.3 is 5.11 Å². The molecule has 0 aromatic carbocycles. The number of carboxylic acids is 1. The van der Waals surface area contributed by atoms with E-state index < -0.39 is 5.97 Å². The van der Waals surface area contributed by atoms with Crippen molar-refractivity contribution in [1.82, 2.24) is 0 Å². The Kier molecular flexibility index (Phi) is 11.0. The lowest BCUT2D eigenvalue weighted by molar-refractivity contribution is -0.143. The third kappa shape index (κ3) is 7.29. The predicted molar refractivity (Wildman–Crippen MR) is 101 cm³/mol. The molecule has 0 amide bonds. The number of carboxylic acid groups (broad SMARTS) is 1. The van der Waals surface area contributed by atoms with Crippen LogP contribution >= 0.6 is 0 Å². The molecule has 136 valence electrons. The summed E-state index contributed by atoms with van der Waals surface area (Å²) in [5, 5.41) is 8.70. The first-order valence-corrected chi connectivity index (χ1v) is 9.04. The minimum Gasteiger partial charge on any atom is -0.481 e. The highest BCUT2D eigenvalue weighted by atomic mass is 16.4. The first-order valence-electron chi connectivity index (χ1n) is 9.04. The molecule has 1 aliphatic rings. The van der Waals surface area contributed by atoms with E-state index in [9.17, 15) is 9.59 Å². The molecule has 0 bridgehead atoms. The molecule has 1 fully saturated rings. The molecule has 0 aromatic heterocycles. The van der Waals surface area contributed by atoms with Crippen molar-refractivity contribution in [2.45, 2.75) is 73.1 Å². The monoisotopic (exact) mass is 334 g/mol. The van der Waals surface area contributed by atoms with Gasteiger partial charge in [-0.1, -0.05) is 44.6 Å². The van der Waals surface area contributed by atoms with Gasteiger partial charge in [0.1, 0.15) is 0 Å². The number of aliphatic carboxylic acids is 1. The second-order valence-corrected chi connectivity index (χ2v) is 6.44. The Balaban J connectivity index is 0.000000446. The van der Waals surface area contributed by atoms with Crippen LogP contribution in [0.25, 0.3) is 0 Å². The van der Waals surface area contributed by atoms with Gasteiger partial charge in [0.25, 0.3) is 0 Å². The van der Waals surface area contributed by atoms with Gasteiger partial charge in [0, 0.05) is 5.57 Å². The number of hydrogen-bond acceptors (Lipinski definition) is 2. The van der Waals surface area contributed by atoms with Gasteiger partial charge in [0.05, 0.1) is 5.92 Å². The van der Waals surface area contributed by atoms with E-state index in [2.05, 4.69) is 20.4 Å². The van der Waals surface area contributed by atoms with Gasteiger partial charge in [0.15, 0.2) is 5.78 Å². The van der Waals surface area contributed by atoms with Gasteiger partial charge in [-0.05, 0) is 64.4 Å². The number of rotatable bonds is 6. The van der Waals surface area contributed by atoms with E-state index in [1.54, 1.807) is 13.0 Å². The van der Waals surface area contributed by atoms with Crippen molar-refractivity contribution in [2.75, 3.05) is 0 Å². The van der Waals surface area contributed by atoms with Gasteiger partial charge in [-0.15, -0.1) is 0 Å². The summed E-state index contributed by atoms with van der Waals surface area (Å²) < 4.78 is 0. The molecule has 3 nitrogen and oxygen atoms in total. The van der Waals surface area contributed by atoms with Crippen LogP contribution in [0.5, 0.6) is 0 Å². The van der Waals surface area contributed by atoms with Crippen molar-refractivity contribution in [3.8, 4) is 0 Å². The van der Waals surface area contributed by atoms with Crippen LogP contribution in [0.4, 0.5) is 0 Å². The lowest BCUT2D eigenvalue weighted by Gasteiger charge is -2.24. The van der Waals surface area contributed by atoms with Crippen molar-refractivity contribution in [2.24, 2.45) is 11.8 Å². The molecule has 0 radical (unpaired) electrons. The fraction of sp³-hybridized carbons (Fsp3) is 0.619. The third-order valence-electron chi connectivity index (χ3n) is 4.94. The number of carbonyl (C=O) groups excluding carboxylic acids is 1. The standard InChI is InChI=1S/C12H18O.C9H16O2/c1-6-9(4)11(7-2)12(8-3)10(5)13;1-2-7-3-5-8(6-4-7)9(10)11/h6,8H,3,7H2,1-2,4-5H3;7-8H,2-6H2,1H3,(H,10,11)/b9-6-,12-11+;. The second kappa shape index (κ2) is 11.8. The maximum Gasteiger partial charge on any atom is 0.306 e. The molecule has 24 heavy (non-hydrogen) atoms. The highest BCUT2D eigenvalue weighted by Crippen LogP contribution is 2.30. The minimum atomic E-state index is -0.598. The number of carbonyl (C=O) groups is 2. The minimum absolute atomic E-state index is 0.0437. The summed E-state index contributed by atoms with van der Waals surface area (Å²) in [6.45, 7) is 13.5. The topological polar surface area (TPSA) is 54.4 Å². The summed E-state index contributed by atoms with van der Waals surface area (Å²) in [5.41, 5.74) is 3.01. The first-order chi connectivity index (χ1) is 11.3. The Labute approximate surface area is 147 Å². The maximum absolute atomic E-state index is 11.2. The van der Waals surface area contributed by atoms with E-state index in [1.807, 2.05) is 19.9 Å². The van der Waals surface area contributed by atoms with Gasteiger partial charge in [-0.25, -0.2) is 0 Å². The summed E-state index contributed by atoms with van der Waals surface area (Å²) in [6, 6.07) is 0. The zero-order valence-corrected chi connectivity index (χ0v) is 16.0. The van der Waals surface area contributed by atoms with Gasteiger partial charge in [-0.2, -0.15) is 0 Å². The fourth-order valence-electron chi connectivity index (χ4n) is 3.15. The van der Waals surface area contributed by atoms with E-state index in [0.717, 1.165) is 54.7 Å². The highest BCUT2D eigenvalue weighted by molar-refractivity contribution is 5.97. The largest absolute Gasteiger partial charge is 0.481 e. The number of hydrogen-bond donors (Lipinski definition) is 1. The molecule has 1 rings (SSSR count). The molecule has 0 aliphatic heterocycles. The van der Waals surface area contributed by atoms with E-state index >= 15 is 0 Å². The third-order valence-corrected chi connectivity index (χ3v) is 4.94. The average Bonchev–Trinajstić information content (AvgIpc) is 2.59. The smallest absolute Gasteiger partial charge is 0.306 e. The lowest BCUT2D eigenvalue weighted by atomic mass is 9.81. The van der Waals surface area contributed by atoms with Crippen molar-refractivity contribution < 1.29 is 14.7 Å². The van der Waals surface area contributed by atoms with E-state index in [4.69, 9.17) is 5.11 Å². The van der Waals surface area contributed by atoms with Crippen LogP contribution in [0.3, 0.4) is 0 Å². The van der Waals surface area contributed by atoms with Crippen LogP contribution in [0.15, 0.2) is 35.5 Å². The Morgan fingerprint density at radius 2 is 1.67 bits per heavy atom. The Morgan fingerprint density at radius 3 is 1.96 bits per heavy atom. The summed E-state index contributed by atoms with van der Waals surface area (Å²) in [5.74, 6) is 0.246. The first kappa shape index (κ1) is 22.4. The number of Topliss-reactive ketones (excluding diaryl/α,β-unsaturated/α-hetero) is 1. The highest BCUT2D eigenvalue weighted by Gasteiger charge is 2.24. The van der Waals surface area contributed by atoms with Crippen molar-refractivity contribution in [1.29, 1.82) is 0 Å². The molecule has 0 spiro atoms. The van der Waals surface area contributed by atoms with Crippen molar-refractivity contribution in [3.63, 3.8) is 0 Å². The van der Waals surface area contributed by atoms with Crippen LogP contribution in [0, 0.1) is 11.8 Å². The zero-order valence-electron chi connectivity index (χ0n) is 16.0. The molecular formula is C21H34O3. The van der Waals surface area contributed by atoms with Crippen LogP contribution < -0.4 is 0 Å². The molecule has 0 saturated heterocycles. The maximum atomic E-state index is 11.2. The van der Waals surface area contributed by atoms with Crippen LogP contribution in [-0.4, -0.2) is 16.9 Å². The normalized spacial score (nSPS) is 22.0. The van der Waals surface area contributed by atoms with Gasteiger partial charge in [0.2, 0.25) is 0 Å². The Bertz CT molecular complexity index is 489. The molecule has 0 unspecified atom stereocenters. The quantitative estimate of drug-likeness (QED) is 0.499. The predicted octanol–water partition coefficient (Wildman–Crippen LogP) is 5.72. The molecule has 1 N–H and O–H groups in total. The molecule has 0 aromatic rings. The summed E-state index contributed by atoms with van der Waals surface area (Å²) in [4.78, 5) is 21.8. The molecule has 3 heteroatoms. The average molecular weight is 335 g/mol. The van der Waals surface area contributed by atoms with Crippen LogP contribution in [-0.2, 0) is 9.59 Å². The van der Waals surface area contributed by atoms with E-state index in [1.165, 1.54) is 6.42 Å². The Hall–Kier alpha value is -1.64. The summed E-state index contributed by atoms with van der Waals surface area (Å²) in [7, 11) is 0. The molecular weight excluding hydrogens is 300 g/mol. The van der Waals surface area contributed by atoms with Crippen LogP contribution in [0.1, 0.15) is 73.1 Å². The fourth-order valence-corrected chi connectivity index (χ4v) is 3.15. The second-order valence-electron chi connectivity index (χ2n) is 6.44. The summed E-state index contributed by atoms with van der Waals surface area (Å²) in [6.07, 6.45) is 9.78. The van der Waals surface area contributed by atoms with Crippen molar-refractivity contribution in [3.05, 3.63) is 35.5 Å². The van der Waals surface area contributed by atoms with Crippen molar-refractivity contribution >= 4 is 11.8 Å². The lowest BCUT2D eigenvalue weighted by Crippen LogP contribution is -2.20. The van der Waals surface area contributed by atoms with Gasteiger partial charge in [-0.3, -0.25) is 9.59 Å². The molecule has 1 saturated carbocycles.